The third-order valence-corrected chi connectivity index (χ3v) is 4.72. The van der Waals surface area contributed by atoms with E-state index in [-0.39, 0.29) is 16.0 Å². The lowest BCUT2D eigenvalue weighted by Crippen LogP contribution is -2.42. The Morgan fingerprint density at radius 2 is 1.71 bits per heavy atom. The zero-order valence-electron chi connectivity index (χ0n) is 11.7. The van der Waals surface area contributed by atoms with E-state index in [4.69, 9.17) is 28.9 Å². The van der Waals surface area contributed by atoms with Crippen LogP contribution in [-0.4, -0.2) is 12.5 Å². The van der Waals surface area contributed by atoms with Gasteiger partial charge in [-0.3, -0.25) is 4.79 Å². The Bertz CT molecular complexity index is 505. The van der Waals surface area contributed by atoms with Crippen LogP contribution in [0.25, 0.3) is 0 Å². The minimum atomic E-state index is -0.681. The normalized spacial score (nSPS) is 18.1. The van der Waals surface area contributed by atoms with Gasteiger partial charge in [-0.15, -0.1) is 0 Å². The van der Waals surface area contributed by atoms with E-state index in [0.717, 1.165) is 38.5 Å². The molecule has 2 rings (SSSR count). The molecule has 0 spiro atoms. The van der Waals surface area contributed by atoms with E-state index in [0.29, 0.717) is 12.2 Å². The highest BCUT2D eigenvalue weighted by atomic mass is 35.5. The minimum absolute atomic E-state index is 0.111. The molecular formula is C15H19Cl2FN2O. The van der Waals surface area contributed by atoms with Crippen LogP contribution in [0.1, 0.15) is 38.5 Å². The Kier molecular flexibility index (Phi) is 5.47. The van der Waals surface area contributed by atoms with Crippen molar-refractivity contribution in [2.24, 2.45) is 11.1 Å². The third kappa shape index (κ3) is 3.68. The van der Waals surface area contributed by atoms with Crippen LogP contribution in [0.2, 0.25) is 10.0 Å². The second-order valence-electron chi connectivity index (χ2n) is 5.61. The summed E-state index contributed by atoms with van der Waals surface area (Å²) in [4.78, 5) is 12.6. The molecule has 0 aliphatic heterocycles. The monoisotopic (exact) mass is 332 g/mol. The Balaban J connectivity index is 2.19. The van der Waals surface area contributed by atoms with Gasteiger partial charge in [0.25, 0.3) is 0 Å². The largest absolute Gasteiger partial charge is 0.329 e. The molecular weight excluding hydrogens is 314 g/mol. The van der Waals surface area contributed by atoms with Crippen molar-refractivity contribution < 1.29 is 9.18 Å². The Morgan fingerprint density at radius 1 is 1.19 bits per heavy atom. The lowest BCUT2D eigenvalue weighted by Gasteiger charge is -2.29. The Hall–Kier alpha value is -0.840. The first-order valence-electron chi connectivity index (χ1n) is 7.14. The highest BCUT2D eigenvalue weighted by Crippen LogP contribution is 2.36. The summed E-state index contributed by atoms with van der Waals surface area (Å²) >= 11 is 11.5. The van der Waals surface area contributed by atoms with Crippen LogP contribution < -0.4 is 11.1 Å². The zero-order valence-corrected chi connectivity index (χ0v) is 13.2. The third-order valence-electron chi connectivity index (χ3n) is 4.17. The number of hydrogen-bond acceptors (Lipinski definition) is 2. The minimum Gasteiger partial charge on any atom is -0.329 e. The number of hydrogen-bond donors (Lipinski definition) is 2. The summed E-state index contributed by atoms with van der Waals surface area (Å²) < 4.78 is 13.4. The zero-order chi connectivity index (χ0) is 15.5. The van der Waals surface area contributed by atoms with E-state index < -0.39 is 11.2 Å². The van der Waals surface area contributed by atoms with Gasteiger partial charge in [0.15, 0.2) is 5.82 Å². The van der Waals surface area contributed by atoms with Gasteiger partial charge in [0.2, 0.25) is 5.91 Å². The molecule has 3 N–H and O–H groups in total. The van der Waals surface area contributed by atoms with Gasteiger partial charge in [-0.05, 0) is 25.0 Å². The Labute approximate surface area is 134 Å². The summed E-state index contributed by atoms with van der Waals surface area (Å²) in [7, 11) is 0. The summed E-state index contributed by atoms with van der Waals surface area (Å²) in [5.41, 5.74) is 5.72. The number of nitrogens with two attached hydrogens (primary N) is 1. The van der Waals surface area contributed by atoms with Crippen LogP contribution >= 0.6 is 23.2 Å². The molecule has 21 heavy (non-hydrogen) atoms. The van der Waals surface area contributed by atoms with Crippen LogP contribution in [0.15, 0.2) is 12.1 Å². The maximum absolute atomic E-state index is 13.4. The molecule has 0 bridgehead atoms. The molecule has 0 unspecified atom stereocenters. The molecule has 1 aromatic carbocycles. The first-order chi connectivity index (χ1) is 9.98. The Morgan fingerprint density at radius 3 is 2.19 bits per heavy atom. The average molecular weight is 333 g/mol. The van der Waals surface area contributed by atoms with E-state index in [9.17, 15) is 9.18 Å². The molecule has 1 aliphatic carbocycles. The average Bonchev–Trinajstić information content (AvgIpc) is 2.71. The summed E-state index contributed by atoms with van der Waals surface area (Å²) in [6.45, 7) is 0.307. The number of carbonyl (C=O) groups excluding carboxylic acids is 1. The van der Waals surface area contributed by atoms with Crippen molar-refractivity contribution in [3.63, 3.8) is 0 Å². The highest BCUT2D eigenvalue weighted by molar-refractivity contribution is 6.35. The number of halogens is 3. The van der Waals surface area contributed by atoms with E-state index in [1.807, 2.05) is 0 Å². The number of benzene rings is 1. The van der Waals surface area contributed by atoms with Crippen molar-refractivity contribution in [3.05, 3.63) is 28.0 Å². The molecule has 1 saturated carbocycles. The maximum Gasteiger partial charge on any atom is 0.231 e. The van der Waals surface area contributed by atoms with E-state index in [1.54, 1.807) is 0 Å². The first kappa shape index (κ1) is 16.5. The molecule has 3 nitrogen and oxygen atoms in total. The molecule has 0 aromatic heterocycles. The number of carbonyl (C=O) groups is 1. The van der Waals surface area contributed by atoms with Gasteiger partial charge >= 0.3 is 0 Å². The van der Waals surface area contributed by atoms with E-state index in [2.05, 4.69) is 5.32 Å². The molecule has 1 aromatic rings. The van der Waals surface area contributed by atoms with Gasteiger partial charge in [-0.25, -0.2) is 4.39 Å². The van der Waals surface area contributed by atoms with Gasteiger partial charge in [0.05, 0.1) is 15.5 Å². The van der Waals surface area contributed by atoms with E-state index >= 15 is 0 Å². The lowest BCUT2D eigenvalue weighted by molar-refractivity contribution is -0.125. The second kappa shape index (κ2) is 6.95. The predicted octanol–water partition coefficient (Wildman–Crippen LogP) is 4.37. The van der Waals surface area contributed by atoms with Crippen molar-refractivity contribution in [3.8, 4) is 0 Å². The SMILES string of the molecule is NCC1(C(=O)Nc2cc(Cl)c(F)c(Cl)c2)CCCCCC1. The van der Waals surface area contributed by atoms with Gasteiger partial charge in [-0.2, -0.15) is 0 Å². The van der Waals surface area contributed by atoms with Crippen molar-refractivity contribution in [1.82, 2.24) is 0 Å². The van der Waals surface area contributed by atoms with Crippen molar-refractivity contribution >= 4 is 34.8 Å². The van der Waals surface area contributed by atoms with Gasteiger partial charge < -0.3 is 11.1 Å². The summed E-state index contributed by atoms with van der Waals surface area (Å²) in [6.07, 6.45) is 5.80. The van der Waals surface area contributed by atoms with Crippen molar-refractivity contribution in [2.75, 3.05) is 11.9 Å². The summed E-state index contributed by atoms with van der Waals surface area (Å²) in [5, 5.41) is 2.56. The first-order valence-corrected chi connectivity index (χ1v) is 7.90. The number of rotatable bonds is 3. The van der Waals surface area contributed by atoms with Gasteiger partial charge in [0.1, 0.15) is 0 Å². The molecule has 1 aliphatic rings. The maximum atomic E-state index is 13.4. The predicted molar refractivity (Wildman–Crippen MR) is 84.2 cm³/mol. The molecule has 1 fully saturated rings. The number of amides is 1. The fourth-order valence-corrected chi connectivity index (χ4v) is 3.31. The highest BCUT2D eigenvalue weighted by Gasteiger charge is 2.37. The second-order valence-corrected chi connectivity index (χ2v) is 6.42. The van der Waals surface area contributed by atoms with Crippen LogP contribution in [0.5, 0.6) is 0 Å². The van der Waals surface area contributed by atoms with Crippen LogP contribution in [0, 0.1) is 11.2 Å². The van der Waals surface area contributed by atoms with Crippen molar-refractivity contribution in [1.29, 1.82) is 0 Å². The fraction of sp³-hybridized carbons (Fsp3) is 0.533. The van der Waals surface area contributed by atoms with Crippen LogP contribution in [0.4, 0.5) is 10.1 Å². The molecule has 116 valence electrons. The van der Waals surface area contributed by atoms with E-state index in [1.165, 1.54) is 12.1 Å². The number of nitrogens with one attached hydrogen (secondary N) is 1. The molecule has 0 saturated heterocycles. The number of anilines is 1. The van der Waals surface area contributed by atoms with Gasteiger partial charge in [-0.1, -0.05) is 48.9 Å². The smallest absolute Gasteiger partial charge is 0.231 e. The van der Waals surface area contributed by atoms with Gasteiger partial charge in [0, 0.05) is 12.2 Å². The molecule has 0 heterocycles. The fourth-order valence-electron chi connectivity index (χ4n) is 2.82. The molecule has 0 atom stereocenters. The summed E-state index contributed by atoms with van der Waals surface area (Å²) in [6, 6.07) is 2.73. The molecule has 6 heteroatoms. The standard InChI is InChI=1S/C15H19Cl2FN2O/c16-11-7-10(8-12(17)13(11)18)20-14(21)15(9-19)5-3-1-2-4-6-15/h7-8H,1-6,9,19H2,(H,20,21). The van der Waals surface area contributed by atoms with Crippen LogP contribution in [-0.2, 0) is 4.79 Å². The van der Waals surface area contributed by atoms with Crippen LogP contribution in [0.3, 0.4) is 0 Å². The summed E-state index contributed by atoms with van der Waals surface area (Å²) in [5.74, 6) is -0.815. The topological polar surface area (TPSA) is 55.1 Å². The lowest BCUT2D eigenvalue weighted by atomic mass is 9.79. The quantitative estimate of drug-likeness (QED) is 0.637. The molecule has 1 amide bonds. The van der Waals surface area contributed by atoms with Crippen molar-refractivity contribution in [2.45, 2.75) is 38.5 Å². The molecule has 0 radical (unpaired) electrons.